The Balaban J connectivity index is 2.31. The molecule has 4 nitrogen and oxygen atoms in total. The lowest BCUT2D eigenvalue weighted by Crippen LogP contribution is -2.31. The second-order valence-corrected chi connectivity index (χ2v) is 5.47. The molecule has 106 valence electrons. The summed E-state index contributed by atoms with van der Waals surface area (Å²) in [6, 6.07) is 10.8. The molecule has 1 amide bonds. The number of benzene rings is 1. The summed E-state index contributed by atoms with van der Waals surface area (Å²) in [6.45, 7) is 2.01. The molecule has 0 spiro atoms. The van der Waals surface area contributed by atoms with Crippen molar-refractivity contribution in [3.63, 3.8) is 0 Å². The first-order chi connectivity index (χ1) is 9.63. The maximum absolute atomic E-state index is 11.4. The molecule has 20 heavy (non-hydrogen) atoms. The van der Waals surface area contributed by atoms with Gasteiger partial charge >= 0.3 is 0 Å². The topological polar surface area (TPSA) is 78.3 Å². The molecule has 4 N–H and O–H groups in total. The van der Waals surface area contributed by atoms with Gasteiger partial charge in [-0.15, -0.1) is 11.3 Å². The molecule has 0 fully saturated rings. The van der Waals surface area contributed by atoms with Crippen molar-refractivity contribution in [2.75, 3.05) is 0 Å². The second-order valence-electron chi connectivity index (χ2n) is 4.49. The van der Waals surface area contributed by atoms with Crippen LogP contribution in [-0.4, -0.2) is 11.9 Å². The lowest BCUT2D eigenvalue weighted by Gasteiger charge is -2.24. The number of ether oxygens (including phenoxy) is 1. The monoisotopic (exact) mass is 290 g/mol. The highest BCUT2D eigenvalue weighted by atomic mass is 32.1. The van der Waals surface area contributed by atoms with Crippen molar-refractivity contribution >= 4 is 17.2 Å². The van der Waals surface area contributed by atoms with Crippen LogP contribution in [-0.2, 0) is 0 Å². The molecular formula is C15H18N2O2S. The molecule has 1 aromatic heterocycles. The van der Waals surface area contributed by atoms with Crippen molar-refractivity contribution in [3.8, 4) is 5.75 Å². The number of para-hydroxylation sites is 1. The number of nitrogens with two attached hydrogens (primary N) is 2. The lowest BCUT2D eigenvalue weighted by atomic mass is 10.1. The number of hydrogen-bond acceptors (Lipinski definition) is 4. The first kappa shape index (κ1) is 14.6. The molecule has 0 bridgehead atoms. The highest BCUT2D eigenvalue weighted by molar-refractivity contribution is 7.10. The minimum Gasteiger partial charge on any atom is -0.482 e. The fourth-order valence-electron chi connectivity index (χ4n) is 1.93. The van der Waals surface area contributed by atoms with Crippen LogP contribution in [0.5, 0.6) is 5.75 Å². The maximum atomic E-state index is 11.4. The zero-order valence-electron chi connectivity index (χ0n) is 11.3. The molecule has 1 heterocycles. The number of carbonyl (C=O) groups excluding carboxylic acids is 1. The van der Waals surface area contributed by atoms with Crippen LogP contribution >= 0.6 is 11.3 Å². The van der Waals surface area contributed by atoms with E-state index in [1.165, 1.54) is 0 Å². The zero-order chi connectivity index (χ0) is 14.5. The smallest absolute Gasteiger partial charge is 0.252 e. The molecule has 0 radical (unpaired) electrons. The van der Waals surface area contributed by atoms with Gasteiger partial charge in [0.15, 0.2) is 0 Å². The highest BCUT2D eigenvalue weighted by Crippen LogP contribution is 2.30. The van der Waals surface area contributed by atoms with Gasteiger partial charge < -0.3 is 16.2 Å². The van der Waals surface area contributed by atoms with Crippen LogP contribution in [0.15, 0.2) is 41.8 Å². The number of hydrogen-bond donors (Lipinski definition) is 2. The van der Waals surface area contributed by atoms with Gasteiger partial charge in [0.25, 0.3) is 5.91 Å². The summed E-state index contributed by atoms with van der Waals surface area (Å²) >= 11 is 1.59. The SMILES string of the molecule is CCC(N)C(Oc1ccccc1C(N)=O)c1cccs1. The van der Waals surface area contributed by atoms with Crippen molar-refractivity contribution in [2.45, 2.75) is 25.5 Å². The van der Waals surface area contributed by atoms with Gasteiger partial charge in [0.05, 0.1) is 5.56 Å². The fraction of sp³-hybridized carbons (Fsp3) is 0.267. The molecule has 0 saturated heterocycles. The Kier molecular flexibility index (Phi) is 4.76. The molecule has 0 aliphatic heterocycles. The Bertz CT molecular complexity index is 569. The third-order valence-corrected chi connectivity index (χ3v) is 4.02. The molecule has 5 heteroatoms. The van der Waals surface area contributed by atoms with Crippen LogP contribution in [0.3, 0.4) is 0 Å². The Morgan fingerprint density at radius 2 is 2.05 bits per heavy atom. The molecule has 0 aliphatic carbocycles. The van der Waals surface area contributed by atoms with E-state index in [0.717, 1.165) is 11.3 Å². The maximum Gasteiger partial charge on any atom is 0.252 e. The fourth-order valence-corrected chi connectivity index (χ4v) is 2.76. The predicted molar refractivity (Wildman–Crippen MR) is 80.9 cm³/mol. The van der Waals surface area contributed by atoms with E-state index >= 15 is 0 Å². The van der Waals surface area contributed by atoms with Gasteiger partial charge in [-0.25, -0.2) is 0 Å². The number of rotatable bonds is 6. The average molecular weight is 290 g/mol. The van der Waals surface area contributed by atoms with E-state index in [1.807, 2.05) is 30.5 Å². The average Bonchev–Trinajstić information content (AvgIpc) is 2.98. The minimum atomic E-state index is -0.504. The summed E-state index contributed by atoms with van der Waals surface area (Å²) in [7, 11) is 0. The summed E-state index contributed by atoms with van der Waals surface area (Å²) in [5.41, 5.74) is 11.9. The van der Waals surface area contributed by atoms with E-state index in [1.54, 1.807) is 29.5 Å². The van der Waals surface area contributed by atoms with Gasteiger partial charge in [0.2, 0.25) is 0 Å². The van der Waals surface area contributed by atoms with Gasteiger partial charge in [-0.05, 0) is 30.0 Å². The van der Waals surface area contributed by atoms with Gasteiger partial charge in [0, 0.05) is 10.9 Å². The van der Waals surface area contributed by atoms with Gasteiger partial charge in [-0.1, -0.05) is 25.1 Å². The quantitative estimate of drug-likeness (QED) is 0.858. The van der Waals surface area contributed by atoms with Crippen LogP contribution in [0.2, 0.25) is 0 Å². The Morgan fingerprint density at radius 1 is 1.30 bits per heavy atom. The van der Waals surface area contributed by atoms with Crippen LogP contribution in [0.4, 0.5) is 0 Å². The molecule has 2 unspecified atom stereocenters. The normalized spacial score (nSPS) is 13.7. The van der Waals surface area contributed by atoms with Crippen molar-refractivity contribution in [3.05, 3.63) is 52.2 Å². The van der Waals surface area contributed by atoms with Crippen molar-refractivity contribution in [1.29, 1.82) is 0 Å². The van der Waals surface area contributed by atoms with Gasteiger partial charge in [-0.3, -0.25) is 4.79 Å². The highest BCUT2D eigenvalue weighted by Gasteiger charge is 2.23. The summed E-state index contributed by atoms with van der Waals surface area (Å²) in [5, 5.41) is 1.98. The number of primary amides is 1. The molecular weight excluding hydrogens is 272 g/mol. The molecule has 2 atom stereocenters. The summed E-state index contributed by atoms with van der Waals surface area (Å²) in [6.07, 6.45) is 0.502. The molecule has 2 aromatic rings. The molecule has 2 rings (SSSR count). The Morgan fingerprint density at radius 3 is 2.65 bits per heavy atom. The van der Waals surface area contributed by atoms with Crippen molar-refractivity contribution in [2.24, 2.45) is 11.5 Å². The van der Waals surface area contributed by atoms with Crippen molar-refractivity contribution in [1.82, 2.24) is 0 Å². The molecule has 1 aromatic carbocycles. The van der Waals surface area contributed by atoms with Crippen LogP contribution < -0.4 is 16.2 Å². The minimum absolute atomic E-state index is 0.144. The van der Waals surface area contributed by atoms with Gasteiger partial charge in [-0.2, -0.15) is 0 Å². The first-order valence-electron chi connectivity index (χ1n) is 6.48. The first-order valence-corrected chi connectivity index (χ1v) is 7.36. The number of carbonyl (C=O) groups is 1. The Hall–Kier alpha value is -1.85. The second kappa shape index (κ2) is 6.54. The summed E-state index contributed by atoms with van der Waals surface area (Å²) < 4.78 is 5.99. The predicted octanol–water partition coefficient (Wildman–Crippen LogP) is 2.70. The summed E-state index contributed by atoms with van der Waals surface area (Å²) in [4.78, 5) is 12.5. The Labute approximate surface area is 122 Å². The van der Waals surface area contributed by atoms with Crippen LogP contribution in [0, 0.1) is 0 Å². The zero-order valence-corrected chi connectivity index (χ0v) is 12.1. The molecule has 0 aliphatic rings. The number of thiophene rings is 1. The van der Waals surface area contributed by atoms with Crippen LogP contribution in [0.25, 0.3) is 0 Å². The van der Waals surface area contributed by atoms with Crippen molar-refractivity contribution < 1.29 is 9.53 Å². The van der Waals surface area contributed by atoms with Gasteiger partial charge in [0.1, 0.15) is 11.9 Å². The van der Waals surface area contributed by atoms with E-state index in [9.17, 15) is 4.79 Å². The largest absolute Gasteiger partial charge is 0.482 e. The van der Waals surface area contributed by atoms with Crippen LogP contribution in [0.1, 0.15) is 34.7 Å². The standard InChI is InChI=1S/C15H18N2O2S/c1-2-11(16)14(13-8-5-9-20-13)19-12-7-4-3-6-10(12)15(17)18/h3-9,11,14H,2,16H2,1H3,(H2,17,18). The van der Waals surface area contributed by atoms with E-state index < -0.39 is 5.91 Å². The van der Waals surface area contributed by atoms with E-state index in [2.05, 4.69) is 0 Å². The summed E-state index contributed by atoms with van der Waals surface area (Å²) in [5.74, 6) is -0.0297. The third kappa shape index (κ3) is 3.18. The lowest BCUT2D eigenvalue weighted by molar-refractivity contribution is 0.0990. The molecule has 0 saturated carbocycles. The van der Waals surface area contributed by atoms with E-state index in [0.29, 0.717) is 11.3 Å². The van der Waals surface area contributed by atoms with E-state index in [4.69, 9.17) is 16.2 Å². The third-order valence-electron chi connectivity index (χ3n) is 3.09. The van der Waals surface area contributed by atoms with E-state index in [-0.39, 0.29) is 12.1 Å². The number of amides is 1.